The Hall–Kier alpha value is -2.36. The molecule has 2 heterocycles. The van der Waals surface area contributed by atoms with E-state index in [2.05, 4.69) is 15.6 Å². The third kappa shape index (κ3) is 2.73. The van der Waals surface area contributed by atoms with Crippen molar-refractivity contribution in [1.29, 1.82) is 0 Å². The minimum absolute atomic E-state index is 0.0687. The first-order valence-corrected chi connectivity index (χ1v) is 6.37. The van der Waals surface area contributed by atoms with Crippen LogP contribution in [0.5, 0.6) is 0 Å². The Kier molecular flexibility index (Phi) is 3.14. The molecule has 1 aromatic rings. The lowest BCUT2D eigenvalue weighted by Gasteiger charge is -2.27. The SMILES string of the molecule is O=C1CCC2=CNC(C=Cc3ccccc3)=NC2N1. The van der Waals surface area contributed by atoms with Crippen LogP contribution in [0.25, 0.3) is 6.08 Å². The summed E-state index contributed by atoms with van der Waals surface area (Å²) in [6, 6.07) is 10.0. The summed E-state index contributed by atoms with van der Waals surface area (Å²) in [6.45, 7) is 0. The summed E-state index contributed by atoms with van der Waals surface area (Å²) in [7, 11) is 0. The third-order valence-electron chi connectivity index (χ3n) is 3.20. The molecule has 1 atom stereocenters. The molecule has 1 amide bonds. The number of piperidine rings is 1. The monoisotopic (exact) mass is 253 g/mol. The Labute approximate surface area is 111 Å². The molecule has 4 heteroatoms. The number of aliphatic imine (C=N–C) groups is 1. The van der Waals surface area contributed by atoms with Gasteiger partial charge in [0.25, 0.3) is 0 Å². The van der Waals surface area contributed by atoms with Gasteiger partial charge in [0.1, 0.15) is 12.0 Å². The third-order valence-corrected chi connectivity index (χ3v) is 3.20. The highest BCUT2D eigenvalue weighted by Crippen LogP contribution is 2.18. The lowest BCUT2D eigenvalue weighted by atomic mass is 10.0. The number of amides is 1. The molecule has 0 bridgehead atoms. The molecule has 1 saturated heterocycles. The molecular formula is C15H15N3O. The molecule has 1 aromatic carbocycles. The Balaban J connectivity index is 1.73. The number of carbonyl (C=O) groups excluding carboxylic acids is 1. The molecule has 3 rings (SSSR count). The molecule has 2 aliphatic heterocycles. The predicted molar refractivity (Wildman–Crippen MR) is 75.3 cm³/mol. The molecule has 4 nitrogen and oxygen atoms in total. The van der Waals surface area contributed by atoms with Crippen LogP contribution in [-0.2, 0) is 4.79 Å². The van der Waals surface area contributed by atoms with E-state index < -0.39 is 0 Å². The smallest absolute Gasteiger partial charge is 0.222 e. The van der Waals surface area contributed by atoms with Gasteiger partial charge in [-0.2, -0.15) is 0 Å². The highest BCUT2D eigenvalue weighted by atomic mass is 16.1. The molecule has 2 aliphatic rings. The van der Waals surface area contributed by atoms with Crippen LogP contribution >= 0.6 is 0 Å². The average molecular weight is 253 g/mol. The number of benzene rings is 1. The van der Waals surface area contributed by atoms with Gasteiger partial charge in [-0.15, -0.1) is 0 Å². The van der Waals surface area contributed by atoms with E-state index in [0.717, 1.165) is 23.4 Å². The first kappa shape index (κ1) is 11.7. The van der Waals surface area contributed by atoms with Crippen molar-refractivity contribution in [1.82, 2.24) is 10.6 Å². The van der Waals surface area contributed by atoms with E-state index in [4.69, 9.17) is 0 Å². The van der Waals surface area contributed by atoms with E-state index in [9.17, 15) is 4.79 Å². The molecule has 0 spiro atoms. The molecule has 0 saturated carbocycles. The maximum Gasteiger partial charge on any atom is 0.222 e. The van der Waals surface area contributed by atoms with Crippen molar-refractivity contribution in [2.24, 2.45) is 4.99 Å². The zero-order valence-corrected chi connectivity index (χ0v) is 10.5. The van der Waals surface area contributed by atoms with Crippen molar-refractivity contribution in [2.45, 2.75) is 19.0 Å². The van der Waals surface area contributed by atoms with Gasteiger partial charge in [0.2, 0.25) is 5.91 Å². The van der Waals surface area contributed by atoms with E-state index >= 15 is 0 Å². The molecular weight excluding hydrogens is 238 g/mol. The second kappa shape index (κ2) is 5.10. The lowest BCUT2D eigenvalue weighted by Crippen LogP contribution is -2.43. The van der Waals surface area contributed by atoms with Gasteiger partial charge in [-0.1, -0.05) is 36.4 Å². The topological polar surface area (TPSA) is 53.5 Å². The summed E-state index contributed by atoms with van der Waals surface area (Å²) >= 11 is 0. The van der Waals surface area contributed by atoms with Crippen LogP contribution < -0.4 is 10.6 Å². The van der Waals surface area contributed by atoms with Crippen molar-refractivity contribution >= 4 is 17.8 Å². The number of amidine groups is 1. The Morgan fingerprint density at radius 1 is 1.16 bits per heavy atom. The largest absolute Gasteiger partial charge is 0.347 e. The number of fused-ring (bicyclic) bond motifs is 1. The van der Waals surface area contributed by atoms with Gasteiger partial charge >= 0.3 is 0 Å². The quantitative estimate of drug-likeness (QED) is 0.844. The summed E-state index contributed by atoms with van der Waals surface area (Å²) in [5.41, 5.74) is 2.26. The number of rotatable bonds is 2. The number of hydrogen-bond donors (Lipinski definition) is 2. The van der Waals surface area contributed by atoms with E-state index in [1.165, 1.54) is 0 Å². The maximum absolute atomic E-state index is 11.4. The van der Waals surface area contributed by atoms with E-state index in [1.54, 1.807) is 0 Å². The minimum Gasteiger partial charge on any atom is -0.347 e. The number of nitrogens with one attached hydrogen (secondary N) is 2. The maximum atomic E-state index is 11.4. The molecule has 96 valence electrons. The molecule has 1 fully saturated rings. The van der Waals surface area contributed by atoms with Crippen molar-refractivity contribution in [2.75, 3.05) is 0 Å². The lowest BCUT2D eigenvalue weighted by molar-refractivity contribution is -0.122. The summed E-state index contributed by atoms with van der Waals surface area (Å²) < 4.78 is 0. The highest BCUT2D eigenvalue weighted by Gasteiger charge is 2.24. The Morgan fingerprint density at radius 2 is 2.00 bits per heavy atom. The summed E-state index contributed by atoms with van der Waals surface area (Å²) in [6.07, 6.45) is 7.00. The standard InChI is InChI=1S/C15H15N3O/c19-14-9-7-12-10-16-13(17-15(12)18-14)8-6-11-4-2-1-3-5-11/h1-6,8,10,15H,7,9H2,(H,16,17)(H,18,19). The second-order valence-corrected chi connectivity index (χ2v) is 4.59. The van der Waals surface area contributed by atoms with Crippen LogP contribution in [0.15, 0.2) is 53.2 Å². The van der Waals surface area contributed by atoms with Crippen molar-refractivity contribution in [3.05, 3.63) is 53.7 Å². The molecule has 0 radical (unpaired) electrons. The number of carbonyl (C=O) groups is 1. The van der Waals surface area contributed by atoms with Gasteiger partial charge in [-0.05, 0) is 23.6 Å². The van der Waals surface area contributed by atoms with Gasteiger partial charge in [-0.25, -0.2) is 4.99 Å². The molecule has 0 aromatic heterocycles. The number of nitrogens with zero attached hydrogens (tertiary/aromatic N) is 1. The first-order valence-electron chi connectivity index (χ1n) is 6.37. The van der Waals surface area contributed by atoms with E-state index in [0.29, 0.717) is 6.42 Å². The fourth-order valence-corrected chi connectivity index (χ4v) is 2.15. The normalized spacial score (nSPS) is 22.1. The first-order chi connectivity index (χ1) is 9.31. The van der Waals surface area contributed by atoms with Gasteiger partial charge in [-0.3, -0.25) is 4.79 Å². The van der Waals surface area contributed by atoms with Crippen LogP contribution in [0.2, 0.25) is 0 Å². The van der Waals surface area contributed by atoms with Crippen LogP contribution in [0.3, 0.4) is 0 Å². The van der Waals surface area contributed by atoms with Gasteiger partial charge in [0.15, 0.2) is 0 Å². The van der Waals surface area contributed by atoms with E-state index in [1.807, 2.05) is 48.7 Å². The summed E-state index contributed by atoms with van der Waals surface area (Å²) in [5.74, 6) is 0.832. The molecule has 19 heavy (non-hydrogen) atoms. The van der Waals surface area contributed by atoms with Crippen molar-refractivity contribution < 1.29 is 4.79 Å². The number of hydrogen-bond acceptors (Lipinski definition) is 3. The van der Waals surface area contributed by atoms with Gasteiger partial charge < -0.3 is 10.6 Å². The zero-order valence-electron chi connectivity index (χ0n) is 10.5. The van der Waals surface area contributed by atoms with Crippen LogP contribution in [0.1, 0.15) is 18.4 Å². The molecule has 1 unspecified atom stereocenters. The fraction of sp³-hybridized carbons (Fsp3) is 0.200. The Morgan fingerprint density at radius 3 is 2.84 bits per heavy atom. The average Bonchev–Trinajstić information content (AvgIpc) is 2.46. The predicted octanol–water partition coefficient (Wildman–Crippen LogP) is 1.82. The summed E-state index contributed by atoms with van der Waals surface area (Å²) in [5, 5.41) is 6.03. The van der Waals surface area contributed by atoms with Crippen LogP contribution in [0, 0.1) is 0 Å². The second-order valence-electron chi connectivity index (χ2n) is 4.59. The molecule has 2 N–H and O–H groups in total. The van der Waals surface area contributed by atoms with Gasteiger partial charge in [0.05, 0.1) is 0 Å². The van der Waals surface area contributed by atoms with Crippen LogP contribution in [0.4, 0.5) is 0 Å². The molecule has 0 aliphatic carbocycles. The van der Waals surface area contributed by atoms with Crippen LogP contribution in [-0.4, -0.2) is 17.9 Å². The van der Waals surface area contributed by atoms with Gasteiger partial charge in [0, 0.05) is 12.6 Å². The minimum atomic E-state index is -0.196. The Bertz CT molecular complexity index is 572. The van der Waals surface area contributed by atoms with E-state index in [-0.39, 0.29) is 12.1 Å². The van der Waals surface area contributed by atoms with Crippen molar-refractivity contribution in [3.63, 3.8) is 0 Å². The fourth-order valence-electron chi connectivity index (χ4n) is 2.15. The highest BCUT2D eigenvalue weighted by molar-refractivity contribution is 5.98. The van der Waals surface area contributed by atoms with Crippen molar-refractivity contribution in [3.8, 4) is 0 Å². The zero-order chi connectivity index (χ0) is 13.1. The summed E-state index contributed by atoms with van der Waals surface area (Å²) in [4.78, 5) is 15.8.